The first-order valence-electron chi connectivity index (χ1n) is 25.8. The molecule has 11 aromatic carbocycles. The fourth-order valence-corrected chi connectivity index (χ4v) is 12.4. The third-order valence-electron chi connectivity index (χ3n) is 16.2. The predicted molar refractivity (Wildman–Crippen MR) is 308 cm³/mol. The Morgan fingerprint density at radius 1 is 0.342 bits per heavy atom. The third-order valence-corrected chi connectivity index (χ3v) is 16.2. The van der Waals surface area contributed by atoms with E-state index in [0.29, 0.717) is 0 Å². The molecule has 1 spiro atoms. The first-order chi connectivity index (χ1) is 35.4. The monoisotopic (exact) mass is 937 g/mol. The minimum atomic E-state index is -0.536. The van der Waals surface area contributed by atoms with Crippen LogP contribution in [-0.2, 0) is 16.2 Å². The van der Waals surface area contributed by atoms with E-state index in [9.17, 15) is 0 Å². The van der Waals surface area contributed by atoms with Crippen molar-refractivity contribution in [1.82, 2.24) is 0 Å². The maximum atomic E-state index is 6.60. The number of benzene rings is 11. The molecule has 73 heavy (non-hydrogen) atoms. The highest BCUT2D eigenvalue weighted by Gasteiger charge is 2.52. The zero-order valence-corrected chi connectivity index (χ0v) is 42.2. The van der Waals surface area contributed by atoms with Crippen molar-refractivity contribution in [1.29, 1.82) is 0 Å². The number of hydrogen-bond acceptors (Lipinski definition) is 2. The van der Waals surface area contributed by atoms with Crippen LogP contribution in [0.3, 0.4) is 0 Å². The second kappa shape index (κ2) is 15.8. The molecule has 12 aromatic rings. The fraction of sp³-hybridized carbons (Fsp3) is 0.127. The molecule has 2 heteroatoms. The molecular weight excluding hydrogens is 883 g/mol. The molecule has 0 atom stereocenters. The van der Waals surface area contributed by atoms with Crippen molar-refractivity contribution in [2.75, 3.05) is 4.90 Å². The van der Waals surface area contributed by atoms with Gasteiger partial charge in [-0.2, -0.15) is 0 Å². The smallest absolute Gasteiger partial charge is 0.137 e. The van der Waals surface area contributed by atoms with Crippen LogP contribution in [0.15, 0.2) is 229 Å². The number of hydrogen-bond donors (Lipinski definition) is 0. The van der Waals surface area contributed by atoms with Gasteiger partial charge in [0.2, 0.25) is 0 Å². The van der Waals surface area contributed by atoms with Gasteiger partial charge >= 0.3 is 0 Å². The van der Waals surface area contributed by atoms with Crippen LogP contribution in [0.5, 0.6) is 0 Å². The molecule has 2 aliphatic carbocycles. The SMILES string of the molecule is CC(C)(C)c1ccc2c(c1)C1(c3ccccc3-c3ccc(N(c4ccc(-c5ccc6cc(-c7ccc8ccccc8c7)ccc6c5)cc4)c4cccc5oc6ccccc6c45)cc31)c1cc(C(C)(C)C)ccc1-2. The summed E-state index contributed by atoms with van der Waals surface area (Å²) in [5.74, 6) is 0. The van der Waals surface area contributed by atoms with E-state index in [-0.39, 0.29) is 10.8 Å². The molecule has 2 nitrogen and oxygen atoms in total. The Kier molecular flexibility index (Phi) is 9.36. The van der Waals surface area contributed by atoms with Crippen molar-refractivity contribution in [2.24, 2.45) is 0 Å². The molecule has 0 N–H and O–H groups in total. The Hall–Kier alpha value is -8.46. The van der Waals surface area contributed by atoms with Crippen molar-refractivity contribution >= 4 is 60.5 Å². The summed E-state index contributed by atoms with van der Waals surface area (Å²) in [6.45, 7) is 14.0. The van der Waals surface area contributed by atoms with Crippen molar-refractivity contribution < 1.29 is 4.42 Å². The normalized spacial score (nSPS) is 13.5. The lowest BCUT2D eigenvalue weighted by molar-refractivity contribution is 0.586. The maximum absolute atomic E-state index is 6.60. The topological polar surface area (TPSA) is 16.4 Å². The van der Waals surface area contributed by atoms with E-state index in [2.05, 4.69) is 271 Å². The summed E-state index contributed by atoms with van der Waals surface area (Å²) < 4.78 is 6.60. The van der Waals surface area contributed by atoms with Gasteiger partial charge in [-0.25, -0.2) is 0 Å². The highest BCUT2D eigenvalue weighted by Crippen LogP contribution is 2.64. The van der Waals surface area contributed by atoms with Gasteiger partial charge in [0.15, 0.2) is 0 Å². The number of anilines is 3. The first-order valence-corrected chi connectivity index (χ1v) is 25.8. The van der Waals surface area contributed by atoms with Crippen LogP contribution in [0, 0.1) is 0 Å². The summed E-state index contributed by atoms with van der Waals surface area (Å²) in [5, 5.41) is 7.16. The van der Waals surface area contributed by atoms with Crippen LogP contribution in [0.25, 0.3) is 88.0 Å². The van der Waals surface area contributed by atoms with E-state index in [1.807, 2.05) is 0 Å². The van der Waals surface area contributed by atoms with E-state index < -0.39 is 5.41 Å². The molecular formula is C71H55NO. The molecule has 2 aliphatic rings. The van der Waals surface area contributed by atoms with Crippen molar-refractivity contribution in [3.8, 4) is 44.5 Å². The molecule has 1 aromatic heterocycles. The van der Waals surface area contributed by atoms with E-state index in [4.69, 9.17) is 4.42 Å². The lowest BCUT2D eigenvalue weighted by Gasteiger charge is -2.34. The first kappa shape index (κ1) is 43.3. The minimum absolute atomic E-state index is 0.0335. The van der Waals surface area contributed by atoms with E-state index in [0.717, 1.165) is 39.0 Å². The summed E-state index contributed by atoms with van der Waals surface area (Å²) in [4.78, 5) is 2.47. The van der Waals surface area contributed by atoms with Gasteiger partial charge in [0.25, 0.3) is 0 Å². The number of rotatable bonds is 5. The second-order valence-corrected chi connectivity index (χ2v) is 22.5. The van der Waals surface area contributed by atoms with E-state index in [1.165, 1.54) is 99.4 Å². The second-order valence-electron chi connectivity index (χ2n) is 22.5. The van der Waals surface area contributed by atoms with Crippen molar-refractivity contribution in [3.63, 3.8) is 0 Å². The van der Waals surface area contributed by atoms with Gasteiger partial charge < -0.3 is 9.32 Å². The van der Waals surface area contributed by atoms with Gasteiger partial charge in [-0.05, 0) is 171 Å². The zero-order valence-electron chi connectivity index (χ0n) is 42.2. The average molecular weight is 938 g/mol. The van der Waals surface area contributed by atoms with Crippen LogP contribution in [0.2, 0.25) is 0 Å². The van der Waals surface area contributed by atoms with Gasteiger partial charge in [0, 0.05) is 16.8 Å². The molecule has 350 valence electrons. The van der Waals surface area contributed by atoms with Gasteiger partial charge in [-0.1, -0.05) is 205 Å². The Morgan fingerprint density at radius 2 is 0.822 bits per heavy atom. The van der Waals surface area contributed by atoms with Crippen LogP contribution < -0.4 is 4.90 Å². The molecule has 0 bridgehead atoms. The van der Waals surface area contributed by atoms with Crippen molar-refractivity contribution in [3.05, 3.63) is 258 Å². The maximum Gasteiger partial charge on any atom is 0.137 e. The average Bonchev–Trinajstić information content (AvgIpc) is 4.06. The summed E-state index contributed by atoms with van der Waals surface area (Å²) in [6, 6.07) is 84.2. The molecule has 0 unspecified atom stereocenters. The van der Waals surface area contributed by atoms with Crippen LogP contribution >= 0.6 is 0 Å². The van der Waals surface area contributed by atoms with Crippen LogP contribution in [0.4, 0.5) is 17.1 Å². The molecule has 0 fully saturated rings. The fourth-order valence-electron chi connectivity index (χ4n) is 12.4. The number of nitrogens with zero attached hydrogens (tertiary/aromatic N) is 1. The summed E-state index contributed by atoms with van der Waals surface area (Å²) in [6.07, 6.45) is 0. The Labute approximate surface area is 427 Å². The van der Waals surface area contributed by atoms with Gasteiger partial charge in [0.05, 0.1) is 16.5 Å². The molecule has 0 amide bonds. The summed E-state index contributed by atoms with van der Waals surface area (Å²) >= 11 is 0. The number of fused-ring (bicyclic) bond motifs is 15. The Balaban J connectivity index is 0.947. The molecule has 1 heterocycles. The highest BCUT2D eigenvalue weighted by atomic mass is 16.3. The summed E-state index contributed by atoms with van der Waals surface area (Å²) in [7, 11) is 0. The third kappa shape index (κ3) is 6.63. The summed E-state index contributed by atoms with van der Waals surface area (Å²) in [5.41, 5.74) is 22.5. The van der Waals surface area contributed by atoms with Crippen molar-refractivity contribution in [2.45, 2.75) is 57.8 Å². The molecule has 0 saturated heterocycles. The Morgan fingerprint density at radius 3 is 1.48 bits per heavy atom. The number of para-hydroxylation sites is 1. The van der Waals surface area contributed by atoms with Crippen LogP contribution in [-0.4, -0.2) is 0 Å². The largest absolute Gasteiger partial charge is 0.456 e. The highest BCUT2D eigenvalue weighted by molar-refractivity contribution is 6.13. The van der Waals surface area contributed by atoms with Gasteiger partial charge in [0.1, 0.15) is 11.2 Å². The zero-order chi connectivity index (χ0) is 49.4. The Bertz CT molecular complexity index is 4170. The van der Waals surface area contributed by atoms with Gasteiger partial charge in [-0.15, -0.1) is 0 Å². The number of furan rings is 1. The molecule has 0 aliphatic heterocycles. The molecule has 0 radical (unpaired) electrons. The standard InChI is InChI=1S/C71H55NO/c1-69(2,3)52-30-35-57-58-36-31-53(70(4,5)6)42-63(58)71(62(57)41-52)61-18-11-9-16-56(61)59-37-34-55(43-64(59)71)72(65-19-13-21-67-68(65)60-17-10-12-20-66(60)73-67)54-32-28-45(29-33-54)47-24-25-50-40-51(27-26-49(50)39-47)48-23-22-44-14-7-8-15-46(44)38-48/h7-43H,1-6H3. The lowest BCUT2D eigenvalue weighted by Crippen LogP contribution is -2.27. The quantitative estimate of drug-likeness (QED) is 0.171. The predicted octanol–water partition coefficient (Wildman–Crippen LogP) is 19.6. The van der Waals surface area contributed by atoms with Crippen LogP contribution in [0.1, 0.15) is 74.9 Å². The molecule has 14 rings (SSSR count). The van der Waals surface area contributed by atoms with E-state index in [1.54, 1.807) is 0 Å². The van der Waals surface area contributed by atoms with Gasteiger partial charge in [-0.3, -0.25) is 0 Å². The minimum Gasteiger partial charge on any atom is -0.456 e. The lowest BCUT2D eigenvalue weighted by atomic mass is 9.68. The molecule has 0 saturated carbocycles. The van der Waals surface area contributed by atoms with E-state index >= 15 is 0 Å².